The molecular weight excluding hydrogens is 249 g/mol. The summed E-state index contributed by atoms with van der Waals surface area (Å²) in [6, 6.07) is 0. The second-order valence-corrected chi connectivity index (χ2v) is 3.33. The van der Waals surface area contributed by atoms with Crippen LogP contribution in [0.5, 0.6) is 0 Å². The third-order valence-corrected chi connectivity index (χ3v) is 1.90. The lowest BCUT2D eigenvalue weighted by Crippen LogP contribution is -2.14. The van der Waals surface area contributed by atoms with Gasteiger partial charge >= 0.3 is 11.4 Å². The first kappa shape index (κ1) is 12.8. The Balaban J connectivity index is 3.30. The number of carbonyl (C=O) groups is 1. The van der Waals surface area contributed by atoms with E-state index in [-0.39, 0.29) is 6.61 Å². The van der Waals surface area contributed by atoms with Crippen molar-refractivity contribution in [1.82, 2.24) is 9.78 Å². The summed E-state index contributed by atoms with van der Waals surface area (Å²) in [6.07, 6.45) is 0. The van der Waals surface area contributed by atoms with E-state index in [9.17, 15) is 18.0 Å². The van der Waals surface area contributed by atoms with Crippen LogP contribution in [0.1, 0.15) is 23.0 Å². The molecule has 1 aromatic rings. The lowest BCUT2D eigenvalue weighted by molar-refractivity contribution is 0.0492. The van der Waals surface area contributed by atoms with E-state index in [1.807, 2.05) is 0 Å². The van der Waals surface area contributed by atoms with Crippen LogP contribution in [0.2, 0.25) is 0 Å². The molecule has 16 heavy (non-hydrogen) atoms. The van der Waals surface area contributed by atoms with Crippen molar-refractivity contribution >= 4 is 17.6 Å². The minimum absolute atomic E-state index is 0.0690. The Morgan fingerprint density at radius 2 is 2.19 bits per heavy atom. The normalized spacial score (nSPS) is 11.6. The standard InChI is InChI=1S/C8H8ClF3N2O2/c1-3-16-7(15)4-5(8(9,11)12)13-14(2)6(4)10/h3H2,1-2H3. The Hall–Kier alpha value is -1.24. The first-order valence-electron chi connectivity index (χ1n) is 4.25. The number of hydrogen-bond donors (Lipinski definition) is 0. The monoisotopic (exact) mass is 256 g/mol. The number of ether oxygens (including phenoxy) is 1. The summed E-state index contributed by atoms with van der Waals surface area (Å²) < 4.78 is 43.9. The van der Waals surface area contributed by atoms with Crippen LogP contribution in [0.4, 0.5) is 13.2 Å². The molecule has 0 saturated heterocycles. The summed E-state index contributed by atoms with van der Waals surface area (Å²) in [5, 5.41) is -0.783. The lowest BCUT2D eigenvalue weighted by atomic mass is 10.2. The van der Waals surface area contributed by atoms with Crippen molar-refractivity contribution in [3.05, 3.63) is 17.2 Å². The van der Waals surface area contributed by atoms with Gasteiger partial charge in [0.25, 0.3) is 0 Å². The van der Waals surface area contributed by atoms with Gasteiger partial charge < -0.3 is 4.74 Å². The molecule has 0 saturated carbocycles. The van der Waals surface area contributed by atoms with Gasteiger partial charge in [-0.2, -0.15) is 18.3 Å². The molecular formula is C8H8ClF3N2O2. The maximum atomic E-state index is 13.3. The lowest BCUT2D eigenvalue weighted by Gasteiger charge is -2.06. The predicted octanol–water partition coefficient (Wildman–Crippen LogP) is 2.02. The molecule has 0 aliphatic heterocycles. The van der Waals surface area contributed by atoms with Crippen LogP contribution in [0.25, 0.3) is 0 Å². The van der Waals surface area contributed by atoms with Crippen molar-refractivity contribution in [1.29, 1.82) is 0 Å². The van der Waals surface area contributed by atoms with Crippen LogP contribution in [0.3, 0.4) is 0 Å². The predicted molar refractivity (Wildman–Crippen MR) is 48.9 cm³/mol. The van der Waals surface area contributed by atoms with Gasteiger partial charge in [-0.05, 0) is 18.5 Å². The van der Waals surface area contributed by atoms with Crippen molar-refractivity contribution < 1.29 is 22.7 Å². The first-order valence-corrected chi connectivity index (χ1v) is 4.63. The highest BCUT2D eigenvalue weighted by atomic mass is 35.5. The van der Waals surface area contributed by atoms with Gasteiger partial charge in [-0.3, -0.25) is 0 Å². The second kappa shape index (κ2) is 4.32. The van der Waals surface area contributed by atoms with Gasteiger partial charge in [-0.25, -0.2) is 9.48 Å². The summed E-state index contributed by atoms with van der Waals surface area (Å²) >= 11 is 4.71. The number of carbonyl (C=O) groups excluding carboxylic acids is 1. The zero-order valence-corrected chi connectivity index (χ0v) is 9.19. The quantitative estimate of drug-likeness (QED) is 0.614. The molecule has 1 rings (SSSR count). The molecule has 8 heteroatoms. The molecule has 0 aliphatic rings. The third kappa shape index (κ3) is 2.29. The fourth-order valence-corrected chi connectivity index (χ4v) is 1.22. The van der Waals surface area contributed by atoms with Crippen molar-refractivity contribution in [2.24, 2.45) is 7.05 Å². The average molecular weight is 257 g/mol. The largest absolute Gasteiger partial charge is 0.462 e. The molecule has 0 amide bonds. The van der Waals surface area contributed by atoms with Gasteiger partial charge in [-0.1, -0.05) is 0 Å². The number of rotatable bonds is 3. The summed E-state index contributed by atoms with van der Waals surface area (Å²) in [4.78, 5) is 11.2. The number of nitrogens with zero attached hydrogens (tertiary/aromatic N) is 2. The van der Waals surface area contributed by atoms with Crippen LogP contribution in [-0.4, -0.2) is 22.4 Å². The molecule has 0 unspecified atom stereocenters. The van der Waals surface area contributed by atoms with Crippen molar-refractivity contribution in [2.45, 2.75) is 12.3 Å². The molecule has 1 aromatic heterocycles. The highest BCUT2D eigenvalue weighted by Crippen LogP contribution is 2.34. The van der Waals surface area contributed by atoms with E-state index >= 15 is 0 Å². The van der Waals surface area contributed by atoms with E-state index in [0.717, 1.165) is 7.05 Å². The summed E-state index contributed by atoms with van der Waals surface area (Å²) in [6.45, 7) is 1.39. The Bertz CT molecular complexity index is 414. The van der Waals surface area contributed by atoms with Gasteiger partial charge in [0.15, 0.2) is 5.69 Å². The summed E-state index contributed by atoms with van der Waals surface area (Å²) in [7, 11) is 1.07. The fourth-order valence-electron chi connectivity index (χ4n) is 1.09. The third-order valence-electron chi connectivity index (χ3n) is 1.73. The molecule has 0 N–H and O–H groups in total. The molecule has 1 heterocycles. The summed E-state index contributed by atoms with van der Waals surface area (Å²) in [5.74, 6) is -2.43. The van der Waals surface area contributed by atoms with Crippen molar-refractivity contribution in [2.75, 3.05) is 6.61 Å². The van der Waals surface area contributed by atoms with E-state index in [1.165, 1.54) is 6.92 Å². The highest BCUT2D eigenvalue weighted by Gasteiger charge is 2.40. The smallest absolute Gasteiger partial charge is 0.367 e. The zero-order chi connectivity index (χ0) is 12.5. The SMILES string of the molecule is CCOC(=O)c1c(C(F)(F)Cl)nn(C)c1F. The summed E-state index contributed by atoms with van der Waals surface area (Å²) in [5.41, 5.74) is -2.09. The molecule has 0 fully saturated rings. The Morgan fingerprint density at radius 1 is 1.62 bits per heavy atom. The number of halogens is 4. The molecule has 90 valence electrons. The zero-order valence-electron chi connectivity index (χ0n) is 8.43. The molecule has 0 bridgehead atoms. The Morgan fingerprint density at radius 3 is 2.62 bits per heavy atom. The van der Waals surface area contributed by atoms with E-state index in [0.29, 0.717) is 4.68 Å². The van der Waals surface area contributed by atoms with Gasteiger partial charge in [0, 0.05) is 7.05 Å². The molecule has 0 radical (unpaired) electrons. The van der Waals surface area contributed by atoms with E-state index in [4.69, 9.17) is 11.6 Å². The van der Waals surface area contributed by atoms with Gasteiger partial charge in [0.2, 0.25) is 5.95 Å². The Labute approximate surface area is 93.9 Å². The van der Waals surface area contributed by atoms with Gasteiger partial charge in [-0.15, -0.1) is 0 Å². The maximum absolute atomic E-state index is 13.3. The van der Waals surface area contributed by atoms with Crippen LogP contribution in [-0.2, 0) is 17.2 Å². The molecule has 0 aromatic carbocycles. The van der Waals surface area contributed by atoms with Crippen LogP contribution < -0.4 is 0 Å². The van der Waals surface area contributed by atoms with E-state index in [2.05, 4.69) is 9.84 Å². The van der Waals surface area contributed by atoms with Crippen LogP contribution in [0.15, 0.2) is 0 Å². The maximum Gasteiger partial charge on any atom is 0.367 e. The van der Waals surface area contributed by atoms with Gasteiger partial charge in [0.05, 0.1) is 6.61 Å². The van der Waals surface area contributed by atoms with E-state index < -0.39 is 28.6 Å². The molecule has 0 aliphatic carbocycles. The minimum Gasteiger partial charge on any atom is -0.462 e. The number of alkyl halides is 3. The van der Waals surface area contributed by atoms with Crippen molar-refractivity contribution in [3.63, 3.8) is 0 Å². The minimum atomic E-state index is -3.93. The molecule has 0 spiro atoms. The fraction of sp³-hybridized carbons (Fsp3) is 0.500. The van der Waals surface area contributed by atoms with Crippen LogP contribution in [0, 0.1) is 5.95 Å². The first-order chi connectivity index (χ1) is 7.29. The van der Waals surface area contributed by atoms with Crippen LogP contribution >= 0.6 is 11.6 Å². The van der Waals surface area contributed by atoms with E-state index in [1.54, 1.807) is 0 Å². The number of aromatic nitrogens is 2. The van der Waals surface area contributed by atoms with Crippen molar-refractivity contribution in [3.8, 4) is 0 Å². The number of hydrogen-bond acceptors (Lipinski definition) is 3. The number of esters is 1. The second-order valence-electron chi connectivity index (χ2n) is 2.86. The molecule has 0 atom stereocenters. The highest BCUT2D eigenvalue weighted by molar-refractivity contribution is 6.22. The Kier molecular flexibility index (Phi) is 3.47. The average Bonchev–Trinajstić information content (AvgIpc) is 2.43. The topological polar surface area (TPSA) is 44.1 Å². The molecule has 4 nitrogen and oxygen atoms in total. The van der Waals surface area contributed by atoms with Gasteiger partial charge in [0.1, 0.15) is 5.56 Å². The number of aryl methyl sites for hydroxylation is 1.